The van der Waals surface area contributed by atoms with Crippen LogP contribution in [0.1, 0.15) is 22.0 Å². The number of amides is 2. The first-order chi connectivity index (χ1) is 17.5. The number of hydrogen-bond acceptors (Lipinski definition) is 8. The first-order valence-electron chi connectivity index (χ1n) is 11.3. The van der Waals surface area contributed by atoms with Crippen LogP contribution in [-0.2, 0) is 19.2 Å². The van der Waals surface area contributed by atoms with Crippen molar-refractivity contribution in [2.45, 2.75) is 12.1 Å². The van der Waals surface area contributed by atoms with Gasteiger partial charge in [0.1, 0.15) is 17.4 Å². The maximum Gasteiger partial charge on any atom is 0.337 e. The predicted octanol–water partition coefficient (Wildman–Crippen LogP) is 3.54. The van der Waals surface area contributed by atoms with Gasteiger partial charge in [0.05, 0.1) is 44.3 Å². The van der Waals surface area contributed by atoms with Gasteiger partial charge in [-0.2, -0.15) is 0 Å². The van der Waals surface area contributed by atoms with E-state index in [9.17, 15) is 14.4 Å². The normalized spacial score (nSPS) is 20.9. The molecule has 0 bridgehead atoms. The van der Waals surface area contributed by atoms with Gasteiger partial charge < -0.3 is 14.2 Å². The molecule has 2 aliphatic rings. The molecule has 36 heavy (non-hydrogen) atoms. The molecule has 2 amide bonds. The Balaban J connectivity index is 1.57. The molecular weight excluding hydrogens is 464 g/mol. The summed E-state index contributed by atoms with van der Waals surface area (Å²) >= 11 is 0. The van der Waals surface area contributed by atoms with Crippen LogP contribution in [0.5, 0.6) is 11.5 Å². The third-order valence-electron chi connectivity index (χ3n) is 6.43. The van der Waals surface area contributed by atoms with Crippen molar-refractivity contribution in [1.29, 1.82) is 0 Å². The second kappa shape index (κ2) is 9.35. The molecule has 2 fully saturated rings. The summed E-state index contributed by atoms with van der Waals surface area (Å²) in [5, 5.41) is 1.60. The van der Waals surface area contributed by atoms with Gasteiger partial charge >= 0.3 is 5.97 Å². The summed E-state index contributed by atoms with van der Waals surface area (Å²) in [6.07, 6.45) is -1.03. The minimum atomic E-state index is -1.03. The van der Waals surface area contributed by atoms with Crippen LogP contribution in [0.4, 0.5) is 11.4 Å². The maximum atomic E-state index is 13.8. The molecule has 0 saturated carbocycles. The van der Waals surface area contributed by atoms with Crippen LogP contribution < -0.4 is 19.4 Å². The number of imide groups is 1. The highest BCUT2D eigenvalue weighted by Crippen LogP contribution is 2.49. The Kier molecular flexibility index (Phi) is 6.07. The van der Waals surface area contributed by atoms with E-state index < -0.39 is 35.8 Å². The second-order valence-corrected chi connectivity index (χ2v) is 8.32. The number of benzene rings is 3. The highest BCUT2D eigenvalue weighted by molar-refractivity contribution is 6.24. The number of carbonyl (C=O) groups excluding carboxylic acids is 3. The van der Waals surface area contributed by atoms with E-state index in [2.05, 4.69) is 0 Å². The molecule has 3 aromatic rings. The molecule has 0 radical (unpaired) electrons. The lowest BCUT2D eigenvalue weighted by atomic mass is 9.90. The minimum Gasteiger partial charge on any atom is -0.497 e. The molecule has 3 aromatic carbocycles. The molecule has 2 aliphatic heterocycles. The Hall–Kier alpha value is -4.37. The van der Waals surface area contributed by atoms with Gasteiger partial charge in [-0.3, -0.25) is 14.4 Å². The molecule has 9 heteroatoms. The zero-order valence-corrected chi connectivity index (χ0v) is 19.9. The van der Waals surface area contributed by atoms with Gasteiger partial charge in [0.2, 0.25) is 5.91 Å². The van der Waals surface area contributed by atoms with E-state index in [0.717, 1.165) is 4.90 Å². The van der Waals surface area contributed by atoms with Crippen molar-refractivity contribution in [3.05, 3.63) is 83.9 Å². The van der Waals surface area contributed by atoms with E-state index in [4.69, 9.17) is 19.0 Å². The fourth-order valence-electron chi connectivity index (χ4n) is 4.71. The standard InChI is InChI=1S/C27H24N2O7/c1-33-19-13-14-20(21(15-19)34-2)23-22-24(36-29(23)18-7-5-4-6-8-18)26(31)28(25(22)30)17-11-9-16(10-12-17)27(32)35-3/h4-15,22-24H,1-3H3. The third-order valence-corrected chi connectivity index (χ3v) is 6.43. The Morgan fingerprint density at radius 1 is 0.833 bits per heavy atom. The number of ether oxygens (including phenoxy) is 3. The molecule has 184 valence electrons. The summed E-state index contributed by atoms with van der Waals surface area (Å²) in [6.45, 7) is 0. The summed E-state index contributed by atoms with van der Waals surface area (Å²) in [7, 11) is 4.38. The molecular formula is C27H24N2O7. The Bertz CT molecular complexity index is 1310. The number of para-hydroxylation sites is 1. The van der Waals surface area contributed by atoms with Crippen molar-refractivity contribution in [2.75, 3.05) is 31.3 Å². The lowest BCUT2D eigenvalue weighted by molar-refractivity contribution is -0.126. The summed E-state index contributed by atoms with van der Waals surface area (Å²) in [5.41, 5.74) is 2.04. The summed E-state index contributed by atoms with van der Waals surface area (Å²) < 4.78 is 15.7. The number of fused-ring (bicyclic) bond motifs is 1. The van der Waals surface area contributed by atoms with Gasteiger partial charge in [0.15, 0.2) is 6.10 Å². The summed E-state index contributed by atoms with van der Waals surface area (Å²) in [6, 6.07) is 20.1. The summed E-state index contributed by atoms with van der Waals surface area (Å²) in [4.78, 5) is 46.4. The van der Waals surface area contributed by atoms with Crippen LogP contribution in [-0.4, -0.2) is 45.2 Å². The Morgan fingerprint density at radius 2 is 1.56 bits per heavy atom. The first kappa shape index (κ1) is 23.4. The largest absolute Gasteiger partial charge is 0.497 e. The van der Waals surface area contributed by atoms with Crippen molar-refractivity contribution < 1.29 is 33.4 Å². The molecule has 2 saturated heterocycles. The number of carbonyl (C=O) groups is 3. The minimum absolute atomic E-state index is 0.313. The van der Waals surface area contributed by atoms with Crippen molar-refractivity contribution in [2.24, 2.45) is 5.92 Å². The molecule has 5 rings (SSSR count). The highest BCUT2D eigenvalue weighted by atomic mass is 16.7. The third kappa shape index (κ3) is 3.74. The predicted molar refractivity (Wildman–Crippen MR) is 130 cm³/mol. The van der Waals surface area contributed by atoms with Gasteiger partial charge in [-0.15, -0.1) is 0 Å². The average molecular weight is 488 g/mol. The van der Waals surface area contributed by atoms with E-state index in [-0.39, 0.29) is 0 Å². The number of methoxy groups -OCH3 is 3. The van der Waals surface area contributed by atoms with Crippen molar-refractivity contribution in [3.8, 4) is 11.5 Å². The van der Waals surface area contributed by atoms with Crippen molar-refractivity contribution in [1.82, 2.24) is 0 Å². The zero-order chi connectivity index (χ0) is 25.4. The Morgan fingerprint density at radius 3 is 2.19 bits per heavy atom. The highest BCUT2D eigenvalue weighted by Gasteiger charge is 2.60. The smallest absolute Gasteiger partial charge is 0.337 e. The van der Waals surface area contributed by atoms with E-state index in [1.807, 2.05) is 36.4 Å². The lowest BCUT2D eigenvalue weighted by Crippen LogP contribution is -2.37. The summed E-state index contributed by atoms with van der Waals surface area (Å²) in [5.74, 6) is -1.13. The van der Waals surface area contributed by atoms with Crippen LogP contribution in [0.15, 0.2) is 72.8 Å². The maximum absolute atomic E-state index is 13.8. The van der Waals surface area contributed by atoms with Crippen LogP contribution >= 0.6 is 0 Å². The number of rotatable bonds is 6. The van der Waals surface area contributed by atoms with Crippen molar-refractivity contribution in [3.63, 3.8) is 0 Å². The van der Waals surface area contributed by atoms with Gasteiger partial charge in [0.25, 0.3) is 5.91 Å². The molecule has 0 spiro atoms. The van der Waals surface area contributed by atoms with Gasteiger partial charge in [-0.25, -0.2) is 14.8 Å². The van der Waals surface area contributed by atoms with Crippen molar-refractivity contribution >= 4 is 29.2 Å². The molecule has 0 aliphatic carbocycles. The second-order valence-electron chi connectivity index (χ2n) is 8.32. The number of nitrogens with zero attached hydrogens (tertiary/aromatic N) is 2. The topological polar surface area (TPSA) is 94.6 Å². The van der Waals surface area contributed by atoms with E-state index in [1.54, 1.807) is 36.4 Å². The van der Waals surface area contributed by atoms with Crippen LogP contribution in [0.3, 0.4) is 0 Å². The van der Waals surface area contributed by atoms with E-state index in [1.165, 1.54) is 26.4 Å². The molecule has 3 unspecified atom stereocenters. The van der Waals surface area contributed by atoms with E-state index >= 15 is 0 Å². The SMILES string of the molecule is COC(=O)c1ccc(N2C(=O)C3ON(c4ccccc4)C(c4ccc(OC)cc4OC)C3C2=O)cc1. The van der Waals surface area contributed by atoms with E-state index in [0.29, 0.717) is 34.0 Å². The Labute approximate surface area is 207 Å². The average Bonchev–Trinajstić information content (AvgIpc) is 3.43. The van der Waals surface area contributed by atoms with Gasteiger partial charge in [0, 0.05) is 11.6 Å². The molecule has 2 heterocycles. The number of hydrogen-bond donors (Lipinski definition) is 0. The lowest BCUT2D eigenvalue weighted by Gasteiger charge is -2.29. The fraction of sp³-hybridized carbons (Fsp3) is 0.222. The quantitative estimate of drug-likeness (QED) is 0.384. The van der Waals surface area contributed by atoms with Gasteiger partial charge in [-0.1, -0.05) is 18.2 Å². The van der Waals surface area contributed by atoms with Gasteiger partial charge in [-0.05, 0) is 48.5 Å². The fourth-order valence-corrected chi connectivity index (χ4v) is 4.71. The molecule has 0 aromatic heterocycles. The molecule has 3 atom stereocenters. The number of hydroxylamine groups is 1. The van der Waals surface area contributed by atoms with Crippen LogP contribution in [0.2, 0.25) is 0 Å². The monoisotopic (exact) mass is 488 g/mol. The van der Waals surface area contributed by atoms with Crippen LogP contribution in [0, 0.1) is 5.92 Å². The zero-order valence-electron chi connectivity index (χ0n) is 19.9. The number of esters is 1. The first-order valence-corrected chi connectivity index (χ1v) is 11.3. The number of anilines is 2. The molecule has 9 nitrogen and oxygen atoms in total. The van der Waals surface area contributed by atoms with Crippen LogP contribution in [0.25, 0.3) is 0 Å². The molecule has 0 N–H and O–H groups in total.